The normalized spacial score (nSPS) is 11.3. The third-order valence-corrected chi connectivity index (χ3v) is 2.81. The molecule has 1 heterocycles. The Bertz CT molecular complexity index is 683. The summed E-state index contributed by atoms with van der Waals surface area (Å²) >= 11 is 0. The average Bonchev–Trinajstić information content (AvgIpc) is 2.67. The zero-order valence-electron chi connectivity index (χ0n) is 10.7. The first-order chi connectivity index (χ1) is 8.99. The lowest BCUT2D eigenvalue weighted by Gasteiger charge is -1.97. The molecule has 0 saturated heterocycles. The number of phenolic OH excluding ortho intramolecular Hbond substituents is 1. The first-order valence-electron chi connectivity index (χ1n) is 5.86. The number of fused-ring (bicyclic) bond motifs is 1. The second-order valence-corrected chi connectivity index (χ2v) is 4.30. The molecule has 0 aliphatic rings. The van der Waals surface area contributed by atoms with E-state index in [9.17, 15) is 14.7 Å². The molecule has 1 amide bonds. The van der Waals surface area contributed by atoms with Crippen molar-refractivity contribution in [2.24, 2.45) is 4.99 Å². The summed E-state index contributed by atoms with van der Waals surface area (Å²) in [5.74, 6) is -0.239. The van der Waals surface area contributed by atoms with Gasteiger partial charge >= 0.3 is 0 Å². The number of H-pyrrole nitrogens is 1. The molecule has 19 heavy (non-hydrogen) atoms. The quantitative estimate of drug-likeness (QED) is 0.654. The highest BCUT2D eigenvalue weighted by atomic mass is 16.3. The summed E-state index contributed by atoms with van der Waals surface area (Å²) in [6, 6.07) is 4.86. The van der Waals surface area contributed by atoms with Gasteiger partial charge in [-0.2, -0.15) is 0 Å². The molecule has 0 spiro atoms. The molecule has 0 unspecified atom stereocenters. The van der Waals surface area contributed by atoms with Gasteiger partial charge in [-0.3, -0.25) is 9.59 Å². The van der Waals surface area contributed by atoms with Crippen molar-refractivity contribution in [2.45, 2.75) is 20.3 Å². The van der Waals surface area contributed by atoms with Crippen LogP contribution in [-0.4, -0.2) is 28.0 Å². The smallest absolute Gasteiger partial charge is 0.242 e. The van der Waals surface area contributed by atoms with E-state index in [1.165, 1.54) is 20.1 Å². The number of aromatic nitrogens is 1. The Morgan fingerprint density at radius 3 is 2.74 bits per heavy atom. The fraction of sp³-hybridized carbons (Fsp3) is 0.214. The molecule has 0 aliphatic heterocycles. The van der Waals surface area contributed by atoms with Gasteiger partial charge < -0.3 is 10.1 Å². The van der Waals surface area contributed by atoms with Crippen LogP contribution in [-0.2, 0) is 11.2 Å². The van der Waals surface area contributed by atoms with Gasteiger partial charge in [0.25, 0.3) is 0 Å². The second-order valence-electron chi connectivity index (χ2n) is 4.30. The summed E-state index contributed by atoms with van der Waals surface area (Å²) in [7, 11) is 0. The Kier molecular flexibility index (Phi) is 3.46. The number of aliphatic imine (C=N–C) groups is 1. The lowest BCUT2D eigenvalue weighted by atomic mass is 10.1. The molecule has 1 aromatic heterocycles. The number of nitrogens with zero attached hydrogens (tertiary/aromatic N) is 1. The predicted octanol–water partition coefficient (Wildman–Crippen LogP) is 2.24. The van der Waals surface area contributed by atoms with Crippen LogP contribution in [0.25, 0.3) is 10.9 Å². The van der Waals surface area contributed by atoms with Crippen LogP contribution in [0.5, 0.6) is 5.75 Å². The molecule has 2 N–H and O–H groups in total. The van der Waals surface area contributed by atoms with Crippen molar-refractivity contribution in [3.63, 3.8) is 0 Å². The SMILES string of the molecule is CC(=O)N=CCc1c(C(C)=O)[nH]c2cc(O)ccc12. The molecular formula is C14H14N2O3. The number of ketones is 1. The maximum atomic E-state index is 11.6. The van der Waals surface area contributed by atoms with Crippen LogP contribution < -0.4 is 0 Å². The monoisotopic (exact) mass is 258 g/mol. The number of hydrogen-bond donors (Lipinski definition) is 2. The molecule has 0 aliphatic carbocycles. The molecule has 0 radical (unpaired) electrons. The van der Waals surface area contributed by atoms with Gasteiger partial charge in [0.05, 0.1) is 5.69 Å². The number of carbonyl (C=O) groups is 2. The molecule has 5 nitrogen and oxygen atoms in total. The minimum absolute atomic E-state index is 0.0954. The largest absolute Gasteiger partial charge is 0.508 e. The molecule has 0 fully saturated rings. The molecule has 5 heteroatoms. The first kappa shape index (κ1) is 13.0. The van der Waals surface area contributed by atoms with Crippen molar-refractivity contribution in [3.8, 4) is 5.75 Å². The van der Waals surface area contributed by atoms with E-state index in [-0.39, 0.29) is 17.4 Å². The van der Waals surface area contributed by atoms with Gasteiger partial charge in [-0.1, -0.05) is 0 Å². The highest BCUT2D eigenvalue weighted by Crippen LogP contribution is 2.26. The Labute approximate surface area is 110 Å². The summed E-state index contributed by atoms with van der Waals surface area (Å²) in [5, 5.41) is 10.3. The number of amides is 1. The number of rotatable bonds is 3. The van der Waals surface area contributed by atoms with Crippen LogP contribution in [0.4, 0.5) is 0 Å². The number of carbonyl (C=O) groups excluding carboxylic acids is 2. The molecule has 1 aromatic carbocycles. The zero-order valence-corrected chi connectivity index (χ0v) is 10.7. The number of benzene rings is 1. The third kappa shape index (κ3) is 2.70. The summed E-state index contributed by atoms with van der Waals surface area (Å²) in [6.07, 6.45) is 1.88. The highest BCUT2D eigenvalue weighted by Gasteiger charge is 2.14. The summed E-state index contributed by atoms with van der Waals surface area (Å²) in [4.78, 5) is 29.1. The minimum atomic E-state index is -0.276. The van der Waals surface area contributed by atoms with Gasteiger partial charge in [-0.15, -0.1) is 0 Å². The number of aromatic hydroxyl groups is 1. The maximum Gasteiger partial charge on any atom is 0.242 e. The van der Waals surface area contributed by atoms with Gasteiger partial charge in [-0.05, 0) is 17.7 Å². The molecule has 2 aromatic rings. The molecule has 0 bridgehead atoms. The van der Waals surface area contributed by atoms with Crippen molar-refractivity contribution in [3.05, 3.63) is 29.5 Å². The van der Waals surface area contributed by atoms with E-state index in [0.717, 1.165) is 10.9 Å². The van der Waals surface area contributed by atoms with Crippen molar-refractivity contribution >= 4 is 28.8 Å². The molecule has 0 saturated carbocycles. The van der Waals surface area contributed by atoms with E-state index in [0.29, 0.717) is 17.6 Å². The fourth-order valence-electron chi connectivity index (χ4n) is 2.02. The van der Waals surface area contributed by atoms with Crippen LogP contribution in [0, 0.1) is 0 Å². The zero-order chi connectivity index (χ0) is 14.0. The number of nitrogens with one attached hydrogen (secondary N) is 1. The molecule has 98 valence electrons. The molecule has 2 rings (SSSR count). The standard InChI is InChI=1S/C14H14N2O3/c1-8(17)14-12(5-6-15-9(2)18)11-4-3-10(19)7-13(11)16-14/h3-4,6-7,16,19H,5H2,1-2H3. The Hall–Kier alpha value is -2.43. The van der Waals surface area contributed by atoms with Gasteiger partial charge in [-0.25, -0.2) is 4.99 Å². The van der Waals surface area contributed by atoms with Crippen LogP contribution in [0.2, 0.25) is 0 Å². The number of phenols is 1. The van der Waals surface area contributed by atoms with Crippen LogP contribution >= 0.6 is 0 Å². The topological polar surface area (TPSA) is 82.5 Å². The van der Waals surface area contributed by atoms with E-state index in [4.69, 9.17) is 0 Å². The minimum Gasteiger partial charge on any atom is -0.508 e. The second kappa shape index (κ2) is 5.06. The first-order valence-corrected chi connectivity index (χ1v) is 5.86. The van der Waals surface area contributed by atoms with Gasteiger partial charge in [0.1, 0.15) is 5.75 Å². The highest BCUT2D eigenvalue weighted by molar-refractivity contribution is 6.02. The van der Waals surface area contributed by atoms with Crippen molar-refractivity contribution in [2.75, 3.05) is 0 Å². The maximum absolute atomic E-state index is 11.6. The molecule has 0 atom stereocenters. The van der Waals surface area contributed by atoms with E-state index in [1.807, 2.05) is 0 Å². The third-order valence-electron chi connectivity index (χ3n) is 2.81. The summed E-state index contributed by atoms with van der Waals surface area (Å²) in [6.45, 7) is 2.84. The van der Waals surface area contributed by atoms with Crippen molar-refractivity contribution < 1.29 is 14.7 Å². The number of aromatic amines is 1. The summed E-state index contributed by atoms with van der Waals surface area (Å²) < 4.78 is 0. The van der Waals surface area contributed by atoms with Crippen LogP contribution in [0.3, 0.4) is 0 Å². The van der Waals surface area contributed by atoms with Crippen LogP contribution in [0.15, 0.2) is 23.2 Å². The van der Waals surface area contributed by atoms with Gasteiger partial charge in [0.2, 0.25) is 5.91 Å². The Morgan fingerprint density at radius 2 is 2.11 bits per heavy atom. The lowest BCUT2D eigenvalue weighted by molar-refractivity contribution is -0.115. The van der Waals surface area contributed by atoms with Crippen molar-refractivity contribution in [1.82, 2.24) is 4.98 Å². The Balaban J connectivity index is 2.52. The Morgan fingerprint density at radius 1 is 1.37 bits per heavy atom. The van der Waals surface area contributed by atoms with E-state index in [2.05, 4.69) is 9.98 Å². The summed E-state index contributed by atoms with van der Waals surface area (Å²) in [5.41, 5.74) is 1.96. The van der Waals surface area contributed by atoms with E-state index < -0.39 is 0 Å². The van der Waals surface area contributed by atoms with E-state index >= 15 is 0 Å². The predicted molar refractivity (Wildman–Crippen MR) is 72.8 cm³/mol. The van der Waals surface area contributed by atoms with Gasteiger partial charge in [0.15, 0.2) is 5.78 Å². The van der Waals surface area contributed by atoms with E-state index in [1.54, 1.807) is 18.2 Å². The van der Waals surface area contributed by atoms with Gasteiger partial charge in [0, 0.05) is 43.5 Å². The lowest BCUT2D eigenvalue weighted by Crippen LogP contribution is -1.99. The number of hydrogen-bond acceptors (Lipinski definition) is 3. The molecular weight excluding hydrogens is 244 g/mol. The fourth-order valence-corrected chi connectivity index (χ4v) is 2.02. The average molecular weight is 258 g/mol. The van der Waals surface area contributed by atoms with Crippen LogP contribution in [0.1, 0.15) is 29.9 Å². The van der Waals surface area contributed by atoms with Crippen molar-refractivity contribution in [1.29, 1.82) is 0 Å². The number of Topliss-reactive ketones (excluding diaryl/α,β-unsaturated/α-hetero) is 1.